The van der Waals surface area contributed by atoms with Gasteiger partial charge in [-0.2, -0.15) is 0 Å². The van der Waals surface area contributed by atoms with Crippen LogP contribution in [0, 0.1) is 19.7 Å². The van der Waals surface area contributed by atoms with E-state index in [2.05, 4.69) is 0 Å². The summed E-state index contributed by atoms with van der Waals surface area (Å²) in [5.41, 5.74) is 4.06. The minimum atomic E-state index is -0.902. The number of hydrogen-bond acceptors (Lipinski definition) is 4. The van der Waals surface area contributed by atoms with Gasteiger partial charge in [0.25, 0.3) is 0 Å². The van der Waals surface area contributed by atoms with E-state index in [1.165, 1.54) is 12.1 Å². The van der Waals surface area contributed by atoms with Crippen LogP contribution in [0.5, 0.6) is 5.75 Å². The third-order valence-corrected chi connectivity index (χ3v) is 5.66. The molecular weight excluding hydrogens is 421 g/mol. The highest BCUT2D eigenvalue weighted by Crippen LogP contribution is 2.27. The number of aliphatic carboxylic acids is 1. The van der Waals surface area contributed by atoms with Crippen molar-refractivity contribution < 1.29 is 23.8 Å². The van der Waals surface area contributed by atoms with Crippen LogP contribution in [-0.2, 0) is 4.79 Å². The van der Waals surface area contributed by atoms with E-state index in [1.54, 1.807) is 48.3 Å². The number of ketones is 1. The summed E-state index contributed by atoms with van der Waals surface area (Å²) >= 11 is 0. The molecule has 0 aliphatic carbocycles. The summed E-state index contributed by atoms with van der Waals surface area (Å²) in [7, 11) is 1.73. The summed E-state index contributed by atoms with van der Waals surface area (Å²) in [5, 5.41) is 8.98. The molecule has 0 aliphatic rings. The Kier molecular flexibility index (Phi) is 7.96. The molecule has 3 rings (SSSR count). The monoisotopic (exact) mass is 449 g/mol. The first kappa shape index (κ1) is 24.1. The van der Waals surface area contributed by atoms with Gasteiger partial charge in [0, 0.05) is 24.1 Å². The SMILES string of the molecule is Cc1cccc(C(=O)c2ccc(OC(CCN(C)CC(=O)O)c3ccc(F)cc3)cc2)c1C. The fraction of sp³-hybridized carbons (Fsp3) is 0.259. The van der Waals surface area contributed by atoms with Gasteiger partial charge in [-0.3, -0.25) is 14.5 Å². The fourth-order valence-corrected chi connectivity index (χ4v) is 3.62. The van der Waals surface area contributed by atoms with Crippen LogP contribution in [0.1, 0.15) is 45.1 Å². The molecule has 3 aromatic rings. The molecule has 0 heterocycles. The first-order valence-electron chi connectivity index (χ1n) is 10.8. The van der Waals surface area contributed by atoms with Gasteiger partial charge < -0.3 is 9.84 Å². The van der Waals surface area contributed by atoms with Gasteiger partial charge in [0.05, 0.1) is 6.54 Å². The molecular formula is C27H28FNO4. The van der Waals surface area contributed by atoms with Crippen LogP contribution in [0.4, 0.5) is 4.39 Å². The highest BCUT2D eigenvalue weighted by Gasteiger charge is 2.17. The molecule has 0 radical (unpaired) electrons. The fourth-order valence-electron chi connectivity index (χ4n) is 3.62. The first-order chi connectivity index (χ1) is 15.7. The second kappa shape index (κ2) is 10.9. The number of carbonyl (C=O) groups is 2. The molecule has 6 heteroatoms. The minimum absolute atomic E-state index is 0.0480. The number of benzene rings is 3. The number of carboxylic acid groups (broad SMARTS) is 1. The molecule has 5 nitrogen and oxygen atoms in total. The quantitative estimate of drug-likeness (QED) is 0.431. The number of rotatable bonds is 10. The highest BCUT2D eigenvalue weighted by atomic mass is 19.1. The van der Waals surface area contributed by atoms with E-state index in [1.807, 2.05) is 32.0 Å². The molecule has 3 aromatic carbocycles. The van der Waals surface area contributed by atoms with Gasteiger partial charge in [-0.25, -0.2) is 4.39 Å². The van der Waals surface area contributed by atoms with E-state index in [4.69, 9.17) is 9.84 Å². The van der Waals surface area contributed by atoms with Crippen molar-refractivity contribution >= 4 is 11.8 Å². The summed E-state index contributed by atoms with van der Waals surface area (Å²) in [6.07, 6.45) is 0.112. The maximum atomic E-state index is 13.4. The Morgan fingerprint density at radius 1 is 1.00 bits per heavy atom. The highest BCUT2D eigenvalue weighted by molar-refractivity contribution is 6.10. The van der Waals surface area contributed by atoms with Crippen LogP contribution in [0.2, 0.25) is 0 Å². The number of ether oxygens (including phenoxy) is 1. The van der Waals surface area contributed by atoms with Crippen molar-refractivity contribution in [2.24, 2.45) is 0 Å². The van der Waals surface area contributed by atoms with Crippen LogP contribution in [0.3, 0.4) is 0 Å². The molecule has 0 aromatic heterocycles. The normalized spacial score (nSPS) is 11.9. The van der Waals surface area contributed by atoms with Gasteiger partial charge >= 0.3 is 5.97 Å². The average Bonchev–Trinajstić information content (AvgIpc) is 2.78. The van der Waals surface area contributed by atoms with Gasteiger partial charge in [-0.05, 0) is 74.0 Å². The first-order valence-corrected chi connectivity index (χ1v) is 10.8. The third kappa shape index (κ3) is 6.49. The second-order valence-corrected chi connectivity index (χ2v) is 8.18. The van der Waals surface area contributed by atoms with Crippen molar-refractivity contribution in [3.05, 3.63) is 100 Å². The average molecular weight is 450 g/mol. The number of aryl methyl sites for hydroxylation is 1. The molecule has 0 saturated carbocycles. The van der Waals surface area contributed by atoms with E-state index >= 15 is 0 Å². The van der Waals surface area contributed by atoms with Crippen LogP contribution in [-0.4, -0.2) is 41.9 Å². The van der Waals surface area contributed by atoms with E-state index in [-0.39, 0.29) is 18.1 Å². The Morgan fingerprint density at radius 2 is 1.67 bits per heavy atom. The molecule has 0 fully saturated rings. The number of carbonyl (C=O) groups excluding carboxylic acids is 1. The molecule has 0 bridgehead atoms. The predicted molar refractivity (Wildman–Crippen MR) is 125 cm³/mol. The Morgan fingerprint density at radius 3 is 2.30 bits per heavy atom. The smallest absolute Gasteiger partial charge is 0.317 e. The molecule has 33 heavy (non-hydrogen) atoms. The summed E-state index contributed by atoms with van der Waals surface area (Å²) < 4.78 is 19.6. The van der Waals surface area contributed by atoms with Gasteiger partial charge in [-0.15, -0.1) is 0 Å². The lowest BCUT2D eigenvalue weighted by Gasteiger charge is -2.22. The standard InChI is InChI=1S/C27H28FNO4/c1-18-5-4-6-24(19(18)2)27(32)21-9-13-23(14-10-21)33-25(15-16-29(3)17-26(30)31)20-7-11-22(28)12-8-20/h4-14,25H,15-17H2,1-3H3,(H,30,31). The van der Waals surface area contributed by atoms with Crippen LogP contribution >= 0.6 is 0 Å². The molecule has 172 valence electrons. The molecule has 1 N–H and O–H groups in total. The molecule has 1 unspecified atom stereocenters. The van der Waals surface area contributed by atoms with Crippen molar-refractivity contribution in [1.82, 2.24) is 4.90 Å². The largest absolute Gasteiger partial charge is 0.486 e. The summed E-state index contributed by atoms with van der Waals surface area (Å²) in [6, 6.07) is 18.7. The van der Waals surface area contributed by atoms with Crippen LogP contribution in [0.15, 0.2) is 66.7 Å². The Hall–Kier alpha value is -3.51. The number of likely N-dealkylation sites (N-methyl/N-ethyl adjacent to an activating group) is 1. The summed E-state index contributed by atoms with van der Waals surface area (Å²) in [6.45, 7) is 4.32. The lowest BCUT2D eigenvalue weighted by molar-refractivity contribution is -0.138. The zero-order chi connectivity index (χ0) is 24.0. The minimum Gasteiger partial charge on any atom is -0.486 e. The van der Waals surface area contributed by atoms with Gasteiger partial charge in [0.15, 0.2) is 5.78 Å². The molecule has 1 atom stereocenters. The summed E-state index contributed by atoms with van der Waals surface area (Å²) in [5.74, 6) is -0.716. The van der Waals surface area contributed by atoms with E-state index in [9.17, 15) is 14.0 Å². The van der Waals surface area contributed by atoms with E-state index in [0.717, 1.165) is 16.7 Å². The predicted octanol–water partition coefficient (Wildman–Crippen LogP) is 5.20. The Balaban J connectivity index is 1.76. The van der Waals surface area contributed by atoms with Crippen molar-refractivity contribution in [3.63, 3.8) is 0 Å². The maximum Gasteiger partial charge on any atom is 0.317 e. The van der Waals surface area contributed by atoms with Crippen LogP contribution < -0.4 is 4.74 Å². The van der Waals surface area contributed by atoms with Crippen molar-refractivity contribution in [1.29, 1.82) is 0 Å². The van der Waals surface area contributed by atoms with Gasteiger partial charge in [0.2, 0.25) is 0 Å². The third-order valence-electron chi connectivity index (χ3n) is 5.66. The van der Waals surface area contributed by atoms with Crippen molar-refractivity contribution in [3.8, 4) is 5.75 Å². The maximum absolute atomic E-state index is 13.4. The molecule has 0 aliphatic heterocycles. The van der Waals surface area contributed by atoms with E-state index in [0.29, 0.717) is 29.8 Å². The topological polar surface area (TPSA) is 66.8 Å². The number of halogens is 1. The van der Waals surface area contributed by atoms with Gasteiger partial charge in [0.1, 0.15) is 17.7 Å². The van der Waals surface area contributed by atoms with Crippen molar-refractivity contribution in [2.45, 2.75) is 26.4 Å². The lowest BCUT2D eigenvalue weighted by Crippen LogP contribution is -2.28. The molecule has 0 spiro atoms. The number of carboxylic acids is 1. The van der Waals surface area contributed by atoms with Crippen LogP contribution in [0.25, 0.3) is 0 Å². The lowest BCUT2D eigenvalue weighted by atomic mass is 9.96. The second-order valence-electron chi connectivity index (χ2n) is 8.18. The Bertz CT molecular complexity index is 1110. The Labute approximate surface area is 193 Å². The molecule has 0 amide bonds. The number of hydrogen-bond donors (Lipinski definition) is 1. The zero-order valence-electron chi connectivity index (χ0n) is 19.0. The van der Waals surface area contributed by atoms with Crippen molar-refractivity contribution in [2.75, 3.05) is 20.1 Å². The summed E-state index contributed by atoms with van der Waals surface area (Å²) in [4.78, 5) is 25.6. The van der Waals surface area contributed by atoms with E-state index < -0.39 is 12.1 Å². The number of nitrogens with zero attached hydrogens (tertiary/aromatic N) is 1. The zero-order valence-corrected chi connectivity index (χ0v) is 19.0. The van der Waals surface area contributed by atoms with Gasteiger partial charge in [-0.1, -0.05) is 30.3 Å². The molecule has 0 saturated heterocycles.